The molecule has 2 heterocycles. The van der Waals surface area contributed by atoms with E-state index in [0.29, 0.717) is 6.42 Å². The molecule has 1 spiro atoms. The molecule has 0 aromatic carbocycles. The molecule has 3 rings (SSSR count). The molecule has 3 aliphatic rings. The third kappa shape index (κ3) is 2.55. The molecule has 5 nitrogen and oxygen atoms in total. The molecule has 2 saturated heterocycles. The van der Waals surface area contributed by atoms with Gasteiger partial charge in [0.25, 0.3) is 0 Å². The number of ether oxygens (including phenoxy) is 1. The summed E-state index contributed by atoms with van der Waals surface area (Å²) in [5.74, 6) is -0.976. The van der Waals surface area contributed by atoms with E-state index >= 15 is 0 Å². The Balaban J connectivity index is 1.60. The van der Waals surface area contributed by atoms with E-state index in [1.165, 1.54) is 0 Å². The van der Waals surface area contributed by atoms with Gasteiger partial charge in [0.2, 0.25) is 5.91 Å². The summed E-state index contributed by atoms with van der Waals surface area (Å²) in [6.45, 7) is 3.21. The van der Waals surface area contributed by atoms with Crippen LogP contribution in [0.2, 0.25) is 0 Å². The average Bonchev–Trinajstić information content (AvgIpc) is 3.09. The lowest BCUT2D eigenvalue weighted by atomic mass is 9.80. The van der Waals surface area contributed by atoms with Gasteiger partial charge in [-0.25, -0.2) is 0 Å². The molecule has 2 aliphatic heterocycles. The summed E-state index contributed by atoms with van der Waals surface area (Å²) in [4.78, 5) is 25.7. The summed E-state index contributed by atoms with van der Waals surface area (Å²) >= 11 is 0. The third-order valence-corrected chi connectivity index (χ3v) is 5.31. The molecule has 0 aromatic rings. The highest BCUT2D eigenvalue weighted by molar-refractivity contribution is 5.80. The molecule has 3 fully saturated rings. The lowest BCUT2D eigenvalue weighted by molar-refractivity contribution is -0.145. The van der Waals surface area contributed by atoms with Crippen LogP contribution in [-0.2, 0) is 14.3 Å². The van der Waals surface area contributed by atoms with Gasteiger partial charge in [-0.2, -0.15) is 0 Å². The Bertz CT molecular complexity index is 403. The first-order valence-electron chi connectivity index (χ1n) is 7.69. The van der Waals surface area contributed by atoms with Crippen LogP contribution in [0, 0.1) is 17.3 Å². The Hall–Kier alpha value is -1.10. The van der Waals surface area contributed by atoms with Gasteiger partial charge < -0.3 is 14.7 Å². The zero-order chi connectivity index (χ0) is 14.2. The Morgan fingerprint density at radius 3 is 2.70 bits per heavy atom. The lowest BCUT2D eigenvalue weighted by Crippen LogP contribution is -2.39. The first-order valence-corrected chi connectivity index (χ1v) is 7.69. The van der Waals surface area contributed by atoms with E-state index in [9.17, 15) is 9.59 Å². The predicted octanol–water partition coefficient (Wildman–Crippen LogP) is 1.52. The number of hydrogen-bond acceptors (Lipinski definition) is 3. The summed E-state index contributed by atoms with van der Waals surface area (Å²) in [6.07, 6.45) is 5.04. The number of hydrogen-bond donors (Lipinski definition) is 1. The van der Waals surface area contributed by atoms with Crippen molar-refractivity contribution in [3.63, 3.8) is 0 Å². The molecule has 0 aromatic heterocycles. The van der Waals surface area contributed by atoms with Crippen molar-refractivity contribution in [2.45, 2.75) is 38.5 Å². The highest BCUT2D eigenvalue weighted by Gasteiger charge is 2.44. The van der Waals surface area contributed by atoms with Gasteiger partial charge >= 0.3 is 5.97 Å². The van der Waals surface area contributed by atoms with Crippen molar-refractivity contribution in [1.82, 2.24) is 4.90 Å². The van der Waals surface area contributed by atoms with Crippen LogP contribution in [0.25, 0.3) is 0 Å². The highest BCUT2D eigenvalue weighted by atomic mass is 16.5. The van der Waals surface area contributed by atoms with Gasteiger partial charge in [0.1, 0.15) is 0 Å². The highest BCUT2D eigenvalue weighted by Crippen LogP contribution is 2.40. The van der Waals surface area contributed by atoms with Crippen LogP contribution in [0.3, 0.4) is 0 Å². The van der Waals surface area contributed by atoms with Crippen LogP contribution < -0.4 is 0 Å². The number of nitrogens with zero attached hydrogens (tertiary/aromatic N) is 1. The zero-order valence-electron chi connectivity index (χ0n) is 11.8. The van der Waals surface area contributed by atoms with Crippen molar-refractivity contribution in [3.8, 4) is 0 Å². The number of amides is 1. The van der Waals surface area contributed by atoms with Gasteiger partial charge in [-0.05, 0) is 32.1 Å². The van der Waals surface area contributed by atoms with Crippen molar-refractivity contribution in [1.29, 1.82) is 0 Å². The fourth-order valence-electron chi connectivity index (χ4n) is 3.99. The molecule has 1 saturated carbocycles. The van der Waals surface area contributed by atoms with Gasteiger partial charge in [-0.3, -0.25) is 9.59 Å². The maximum atomic E-state index is 12.6. The molecule has 1 amide bonds. The summed E-state index contributed by atoms with van der Waals surface area (Å²) in [5.41, 5.74) is 0.191. The van der Waals surface area contributed by atoms with E-state index in [-0.39, 0.29) is 23.2 Å². The Morgan fingerprint density at radius 2 is 2.00 bits per heavy atom. The van der Waals surface area contributed by atoms with Crippen LogP contribution in [0.1, 0.15) is 38.5 Å². The van der Waals surface area contributed by atoms with E-state index in [4.69, 9.17) is 9.84 Å². The number of rotatable bonds is 2. The predicted molar refractivity (Wildman–Crippen MR) is 72.1 cm³/mol. The van der Waals surface area contributed by atoms with Crippen molar-refractivity contribution >= 4 is 11.9 Å². The Kier molecular flexibility index (Phi) is 3.71. The van der Waals surface area contributed by atoms with Crippen molar-refractivity contribution in [3.05, 3.63) is 0 Å². The smallest absolute Gasteiger partial charge is 0.306 e. The van der Waals surface area contributed by atoms with Gasteiger partial charge in [0.05, 0.1) is 12.5 Å². The number of carbonyl (C=O) groups excluding carboxylic acids is 1. The molecule has 1 aliphatic carbocycles. The molecule has 1 N–H and O–H groups in total. The van der Waals surface area contributed by atoms with Gasteiger partial charge in [0.15, 0.2) is 0 Å². The quantitative estimate of drug-likeness (QED) is 0.833. The minimum atomic E-state index is -0.746. The van der Waals surface area contributed by atoms with Gasteiger partial charge in [-0.15, -0.1) is 0 Å². The minimum Gasteiger partial charge on any atom is -0.481 e. The number of carboxylic acids is 1. The molecule has 0 radical (unpaired) electrons. The number of likely N-dealkylation sites (tertiary alicyclic amines) is 1. The number of carboxylic acid groups (broad SMARTS) is 1. The summed E-state index contributed by atoms with van der Waals surface area (Å²) in [5, 5.41) is 9.13. The second-order valence-corrected chi connectivity index (χ2v) is 6.71. The SMILES string of the molecule is O=C(O)C1CCCC(C(=O)N2CCC3(CCOC3)C2)C1. The van der Waals surface area contributed by atoms with Crippen molar-refractivity contribution in [2.75, 3.05) is 26.3 Å². The number of carbonyl (C=O) groups is 2. The second-order valence-electron chi connectivity index (χ2n) is 6.71. The molecular weight excluding hydrogens is 258 g/mol. The van der Waals surface area contributed by atoms with E-state index in [2.05, 4.69) is 0 Å². The van der Waals surface area contributed by atoms with E-state index in [0.717, 1.165) is 58.4 Å². The zero-order valence-corrected chi connectivity index (χ0v) is 11.8. The monoisotopic (exact) mass is 281 g/mol. The van der Waals surface area contributed by atoms with E-state index < -0.39 is 5.97 Å². The molecule has 20 heavy (non-hydrogen) atoms. The van der Waals surface area contributed by atoms with Gasteiger partial charge in [0, 0.05) is 31.0 Å². The molecule has 0 bridgehead atoms. The molecule has 3 atom stereocenters. The molecule has 3 unspecified atom stereocenters. The normalized spacial score (nSPS) is 37.5. The Labute approximate surface area is 119 Å². The lowest BCUT2D eigenvalue weighted by Gasteiger charge is -2.30. The van der Waals surface area contributed by atoms with E-state index in [1.807, 2.05) is 4.90 Å². The van der Waals surface area contributed by atoms with Crippen LogP contribution in [0.4, 0.5) is 0 Å². The third-order valence-electron chi connectivity index (χ3n) is 5.31. The van der Waals surface area contributed by atoms with Crippen molar-refractivity contribution < 1.29 is 19.4 Å². The molecular formula is C15H23NO4. The fraction of sp³-hybridized carbons (Fsp3) is 0.867. The first kappa shape index (κ1) is 13.9. The molecule has 5 heteroatoms. The standard InChI is InChI=1S/C15H23NO4/c17-13(11-2-1-3-12(8-11)14(18)19)16-6-4-15(9-16)5-7-20-10-15/h11-12H,1-10H2,(H,18,19). The first-order chi connectivity index (χ1) is 9.60. The van der Waals surface area contributed by atoms with Crippen LogP contribution in [0.5, 0.6) is 0 Å². The van der Waals surface area contributed by atoms with Crippen LogP contribution in [0.15, 0.2) is 0 Å². The molecule has 112 valence electrons. The number of aliphatic carboxylic acids is 1. The summed E-state index contributed by atoms with van der Waals surface area (Å²) in [7, 11) is 0. The topological polar surface area (TPSA) is 66.8 Å². The largest absolute Gasteiger partial charge is 0.481 e. The maximum Gasteiger partial charge on any atom is 0.306 e. The summed E-state index contributed by atoms with van der Waals surface area (Å²) in [6, 6.07) is 0. The van der Waals surface area contributed by atoms with Gasteiger partial charge in [-0.1, -0.05) is 6.42 Å². The summed E-state index contributed by atoms with van der Waals surface area (Å²) < 4.78 is 5.49. The second kappa shape index (κ2) is 5.35. The average molecular weight is 281 g/mol. The van der Waals surface area contributed by atoms with Crippen LogP contribution >= 0.6 is 0 Å². The van der Waals surface area contributed by atoms with E-state index in [1.54, 1.807) is 0 Å². The van der Waals surface area contributed by atoms with Crippen molar-refractivity contribution in [2.24, 2.45) is 17.3 Å². The maximum absolute atomic E-state index is 12.6. The Morgan fingerprint density at radius 1 is 1.20 bits per heavy atom. The van der Waals surface area contributed by atoms with Crippen LogP contribution in [-0.4, -0.2) is 48.2 Å². The fourth-order valence-corrected chi connectivity index (χ4v) is 3.99. The minimum absolute atomic E-state index is 0.0812.